The molecule has 1 aliphatic rings. The molecule has 0 nitrogen and oxygen atoms in total. The molecule has 7 rings (SSSR count). The molecule has 6 aromatic rings. The second kappa shape index (κ2) is 8.33. The topological polar surface area (TPSA) is 0 Å². The number of hydrogen-bond donors (Lipinski definition) is 0. The number of rotatable bonds is 3. The van der Waals surface area contributed by atoms with Gasteiger partial charge in [0.2, 0.25) is 0 Å². The average Bonchev–Trinajstić information content (AvgIpc) is 3.24. The van der Waals surface area contributed by atoms with E-state index >= 15 is 0 Å². The van der Waals surface area contributed by atoms with Crippen LogP contribution in [0, 0.1) is 0 Å². The van der Waals surface area contributed by atoms with Crippen LogP contribution in [0.3, 0.4) is 0 Å². The highest BCUT2D eigenvalue weighted by Crippen LogP contribution is 2.56. The molecule has 0 N–H and O–H groups in total. The lowest BCUT2D eigenvalue weighted by Gasteiger charge is -2.34. The van der Waals surface area contributed by atoms with Crippen molar-refractivity contribution in [3.63, 3.8) is 0 Å². The highest BCUT2D eigenvalue weighted by Gasteiger charge is 2.45. The lowest BCUT2D eigenvalue weighted by atomic mass is 9.67. The van der Waals surface area contributed by atoms with Crippen molar-refractivity contribution in [2.45, 2.75) is 5.41 Å². The Labute approximate surface area is 220 Å². The fourth-order valence-electron chi connectivity index (χ4n) is 6.12. The summed E-state index contributed by atoms with van der Waals surface area (Å²) < 4.78 is 1.09. The van der Waals surface area contributed by atoms with Crippen molar-refractivity contribution in [2.75, 3.05) is 0 Å². The molecular formula is C35H23Br. The van der Waals surface area contributed by atoms with Crippen LogP contribution < -0.4 is 0 Å². The average molecular weight is 523 g/mol. The van der Waals surface area contributed by atoms with Gasteiger partial charge in [-0.15, -0.1) is 0 Å². The fraction of sp³-hybridized carbons (Fsp3) is 0.0286. The van der Waals surface area contributed by atoms with Gasteiger partial charge in [0, 0.05) is 4.47 Å². The Morgan fingerprint density at radius 1 is 0.444 bits per heavy atom. The van der Waals surface area contributed by atoms with Gasteiger partial charge in [-0.2, -0.15) is 0 Å². The van der Waals surface area contributed by atoms with Gasteiger partial charge in [0.1, 0.15) is 0 Å². The molecule has 0 radical (unpaired) electrons. The summed E-state index contributed by atoms with van der Waals surface area (Å²) in [5.41, 5.74) is 9.97. The lowest BCUT2D eigenvalue weighted by molar-refractivity contribution is 0.768. The maximum Gasteiger partial charge on any atom is 0.0713 e. The first kappa shape index (κ1) is 21.4. The van der Waals surface area contributed by atoms with E-state index in [-0.39, 0.29) is 5.41 Å². The van der Waals surface area contributed by atoms with Gasteiger partial charge in [0.05, 0.1) is 5.41 Å². The fourth-order valence-corrected chi connectivity index (χ4v) is 6.52. The summed E-state index contributed by atoms with van der Waals surface area (Å²) in [6.45, 7) is 0. The minimum atomic E-state index is -0.381. The van der Waals surface area contributed by atoms with Crippen LogP contribution in [-0.4, -0.2) is 0 Å². The second-order valence-electron chi connectivity index (χ2n) is 9.46. The maximum atomic E-state index is 3.75. The predicted molar refractivity (Wildman–Crippen MR) is 154 cm³/mol. The largest absolute Gasteiger partial charge is 0.0713 e. The van der Waals surface area contributed by atoms with Gasteiger partial charge in [-0.25, -0.2) is 0 Å². The Bertz CT molecular complexity index is 1690. The minimum Gasteiger partial charge on any atom is -0.0619 e. The summed E-state index contributed by atoms with van der Waals surface area (Å²) in [4.78, 5) is 0. The Morgan fingerprint density at radius 3 is 1.75 bits per heavy atom. The summed E-state index contributed by atoms with van der Waals surface area (Å²) in [5.74, 6) is 0. The minimum absolute atomic E-state index is 0.381. The number of hydrogen-bond acceptors (Lipinski definition) is 0. The van der Waals surface area contributed by atoms with Gasteiger partial charge in [-0.1, -0.05) is 143 Å². The van der Waals surface area contributed by atoms with E-state index in [1.807, 2.05) is 0 Å². The molecule has 0 saturated heterocycles. The zero-order chi connectivity index (χ0) is 24.1. The van der Waals surface area contributed by atoms with Crippen molar-refractivity contribution in [1.82, 2.24) is 0 Å². The third-order valence-electron chi connectivity index (χ3n) is 7.63. The molecule has 1 aliphatic carbocycles. The van der Waals surface area contributed by atoms with Gasteiger partial charge in [0.25, 0.3) is 0 Å². The van der Waals surface area contributed by atoms with E-state index in [4.69, 9.17) is 0 Å². The van der Waals surface area contributed by atoms with Crippen molar-refractivity contribution in [1.29, 1.82) is 0 Å². The molecule has 170 valence electrons. The molecule has 0 amide bonds. The summed E-state index contributed by atoms with van der Waals surface area (Å²) in [7, 11) is 0. The highest BCUT2D eigenvalue weighted by atomic mass is 79.9. The summed E-state index contributed by atoms with van der Waals surface area (Å²) >= 11 is 3.75. The molecule has 0 saturated carbocycles. The van der Waals surface area contributed by atoms with Crippen LogP contribution in [0.1, 0.15) is 22.3 Å². The first-order valence-corrected chi connectivity index (χ1v) is 13.1. The van der Waals surface area contributed by atoms with E-state index in [1.165, 1.54) is 55.3 Å². The molecular weight excluding hydrogens is 500 g/mol. The standard InChI is InChI=1S/C35H23Br/c36-28-12-8-11-27(23-28)35(33-17-5-3-14-31(33)32-15-4-6-18-34(32)35)26-21-19-25(20-22-26)30-16-7-10-24-9-1-2-13-29(24)30/h1-23H. The number of halogens is 1. The highest BCUT2D eigenvalue weighted by molar-refractivity contribution is 9.10. The quantitative estimate of drug-likeness (QED) is 0.216. The molecule has 0 heterocycles. The number of benzene rings is 6. The third-order valence-corrected chi connectivity index (χ3v) is 8.12. The van der Waals surface area contributed by atoms with Crippen LogP contribution in [0.15, 0.2) is 144 Å². The van der Waals surface area contributed by atoms with E-state index in [0.717, 1.165) is 4.47 Å². The van der Waals surface area contributed by atoms with E-state index in [9.17, 15) is 0 Å². The molecule has 1 heteroatoms. The molecule has 0 aliphatic heterocycles. The summed E-state index contributed by atoms with van der Waals surface area (Å²) in [5, 5.41) is 2.55. The number of fused-ring (bicyclic) bond motifs is 4. The molecule has 6 aromatic carbocycles. The lowest BCUT2D eigenvalue weighted by Crippen LogP contribution is -2.28. The van der Waals surface area contributed by atoms with Gasteiger partial charge < -0.3 is 0 Å². The predicted octanol–water partition coefficient (Wildman–Crippen LogP) is 9.63. The zero-order valence-corrected chi connectivity index (χ0v) is 21.2. The first-order valence-electron chi connectivity index (χ1n) is 12.3. The van der Waals surface area contributed by atoms with Crippen molar-refractivity contribution in [3.8, 4) is 22.3 Å². The molecule has 0 atom stereocenters. The first-order chi connectivity index (χ1) is 17.8. The second-order valence-corrected chi connectivity index (χ2v) is 10.4. The Hall–Kier alpha value is -3.94. The van der Waals surface area contributed by atoms with E-state index in [2.05, 4.69) is 155 Å². The third kappa shape index (κ3) is 3.06. The molecule has 36 heavy (non-hydrogen) atoms. The molecule has 0 spiro atoms. The van der Waals surface area contributed by atoms with Crippen LogP contribution in [0.25, 0.3) is 33.0 Å². The molecule has 0 unspecified atom stereocenters. The van der Waals surface area contributed by atoms with Crippen LogP contribution in [0.5, 0.6) is 0 Å². The van der Waals surface area contributed by atoms with Crippen LogP contribution in [0.4, 0.5) is 0 Å². The Balaban J connectivity index is 1.50. The van der Waals surface area contributed by atoms with E-state index in [0.29, 0.717) is 0 Å². The Kier molecular flexibility index (Phi) is 4.94. The zero-order valence-electron chi connectivity index (χ0n) is 19.7. The SMILES string of the molecule is Brc1cccc(C2(c3ccc(-c4cccc5ccccc45)cc3)c3ccccc3-c3ccccc32)c1. The van der Waals surface area contributed by atoms with Crippen LogP contribution >= 0.6 is 15.9 Å². The van der Waals surface area contributed by atoms with Crippen molar-refractivity contribution in [2.24, 2.45) is 0 Å². The van der Waals surface area contributed by atoms with Gasteiger partial charge in [-0.3, -0.25) is 0 Å². The molecule has 0 bridgehead atoms. The summed E-state index contributed by atoms with van der Waals surface area (Å²) in [6, 6.07) is 51.0. The van der Waals surface area contributed by atoms with Crippen molar-refractivity contribution >= 4 is 26.7 Å². The maximum absolute atomic E-state index is 3.75. The summed E-state index contributed by atoms with van der Waals surface area (Å²) in [6.07, 6.45) is 0. The van der Waals surface area contributed by atoms with E-state index in [1.54, 1.807) is 0 Å². The van der Waals surface area contributed by atoms with Gasteiger partial charge in [0.15, 0.2) is 0 Å². The van der Waals surface area contributed by atoms with E-state index < -0.39 is 0 Å². The van der Waals surface area contributed by atoms with Crippen LogP contribution in [0.2, 0.25) is 0 Å². The van der Waals surface area contributed by atoms with Crippen molar-refractivity contribution in [3.05, 3.63) is 166 Å². The smallest absolute Gasteiger partial charge is 0.0619 e. The van der Waals surface area contributed by atoms with Gasteiger partial charge >= 0.3 is 0 Å². The Morgan fingerprint density at radius 2 is 1.03 bits per heavy atom. The van der Waals surface area contributed by atoms with Crippen molar-refractivity contribution < 1.29 is 0 Å². The monoisotopic (exact) mass is 522 g/mol. The normalized spacial score (nSPS) is 13.4. The van der Waals surface area contributed by atoms with Gasteiger partial charge in [-0.05, 0) is 67.4 Å². The molecule has 0 aromatic heterocycles. The van der Waals surface area contributed by atoms with Crippen LogP contribution in [-0.2, 0) is 5.41 Å². The molecule has 0 fully saturated rings.